The summed E-state index contributed by atoms with van der Waals surface area (Å²) in [6.45, 7) is 0.282. The molecule has 0 spiro atoms. The second kappa shape index (κ2) is 9.96. The largest absolute Gasteiger partial charge is 0.348 e. The van der Waals surface area contributed by atoms with Crippen molar-refractivity contribution in [2.24, 2.45) is 0 Å². The van der Waals surface area contributed by atoms with E-state index in [1.54, 1.807) is 66.9 Å². The van der Waals surface area contributed by atoms with Gasteiger partial charge in [-0.3, -0.25) is 14.6 Å². The van der Waals surface area contributed by atoms with Crippen LogP contribution in [0.25, 0.3) is 0 Å². The average Bonchev–Trinajstić information content (AvgIpc) is 2.79. The summed E-state index contributed by atoms with van der Waals surface area (Å²) in [5.41, 5.74) is 2.81. The number of carbonyl (C=O) groups is 2. The fraction of sp³-hybridized carbons (Fsp3) is 0.136. The first-order valence-electron chi connectivity index (χ1n) is 9.45. The van der Waals surface area contributed by atoms with Crippen molar-refractivity contribution in [3.8, 4) is 0 Å². The third kappa shape index (κ3) is 6.46. The van der Waals surface area contributed by atoms with Gasteiger partial charge in [0.25, 0.3) is 11.8 Å². The Bertz CT molecular complexity index is 1160. The number of nitrogens with zero attached hydrogens (tertiary/aromatic N) is 1. The van der Waals surface area contributed by atoms with Crippen molar-refractivity contribution in [3.63, 3.8) is 0 Å². The maximum Gasteiger partial charge on any atom is 0.257 e. The van der Waals surface area contributed by atoms with Gasteiger partial charge in [0.2, 0.25) is 10.0 Å². The van der Waals surface area contributed by atoms with Crippen LogP contribution in [0, 0.1) is 0 Å². The fourth-order valence-corrected chi connectivity index (χ4v) is 3.54. The molecule has 0 radical (unpaired) electrons. The van der Waals surface area contributed by atoms with E-state index in [9.17, 15) is 18.0 Å². The summed E-state index contributed by atoms with van der Waals surface area (Å²) in [5.74, 6) is -0.710. The first kappa shape index (κ1) is 22.1. The van der Waals surface area contributed by atoms with Gasteiger partial charge in [0, 0.05) is 30.2 Å². The Hall–Kier alpha value is -3.56. The van der Waals surface area contributed by atoms with E-state index in [1.807, 2.05) is 0 Å². The lowest BCUT2D eigenvalue weighted by atomic mass is 10.1. The Balaban J connectivity index is 1.58. The quantitative estimate of drug-likeness (QED) is 0.499. The molecule has 3 N–H and O–H groups in total. The van der Waals surface area contributed by atoms with E-state index in [0.717, 1.165) is 5.56 Å². The van der Waals surface area contributed by atoms with E-state index in [-0.39, 0.29) is 24.1 Å². The summed E-state index contributed by atoms with van der Waals surface area (Å²) in [7, 11) is -1.96. The molecule has 0 saturated heterocycles. The number of aromatic nitrogens is 1. The van der Waals surface area contributed by atoms with Crippen LogP contribution in [0.1, 0.15) is 31.8 Å². The van der Waals surface area contributed by atoms with E-state index in [2.05, 4.69) is 20.3 Å². The second-order valence-corrected chi connectivity index (χ2v) is 8.67. The highest BCUT2D eigenvalue weighted by Crippen LogP contribution is 2.13. The SMILES string of the molecule is CNS(=O)(=O)Cc1ccc(CNC(=O)c2cccc(NC(=O)c3cccnc3)c2)cc1. The van der Waals surface area contributed by atoms with Crippen LogP contribution in [0.4, 0.5) is 5.69 Å². The van der Waals surface area contributed by atoms with Crippen LogP contribution < -0.4 is 15.4 Å². The summed E-state index contributed by atoms with van der Waals surface area (Å²) in [4.78, 5) is 28.7. The van der Waals surface area contributed by atoms with Gasteiger partial charge >= 0.3 is 0 Å². The smallest absolute Gasteiger partial charge is 0.257 e. The zero-order chi connectivity index (χ0) is 22.3. The topological polar surface area (TPSA) is 117 Å². The monoisotopic (exact) mass is 438 g/mol. The van der Waals surface area contributed by atoms with Crippen molar-refractivity contribution in [2.75, 3.05) is 12.4 Å². The lowest BCUT2D eigenvalue weighted by Crippen LogP contribution is -2.23. The summed E-state index contributed by atoms with van der Waals surface area (Å²) in [6.07, 6.45) is 3.05. The lowest BCUT2D eigenvalue weighted by Gasteiger charge is -2.09. The summed E-state index contributed by atoms with van der Waals surface area (Å²) in [5, 5.41) is 5.56. The van der Waals surface area contributed by atoms with Gasteiger partial charge in [-0.25, -0.2) is 13.1 Å². The zero-order valence-corrected chi connectivity index (χ0v) is 17.6. The Kier molecular flexibility index (Phi) is 7.11. The molecule has 0 saturated carbocycles. The van der Waals surface area contributed by atoms with E-state index in [0.29, 0.717) is 22.4 Å². The van der Waals surface area contributed by atoms with Gasteiger partial charge in [0.05, 0.1) is 11.3 Å². The summed E-state index contributed by atoms with van der Waals surface area (Å²) < 4.78 is 25.5. The molecule has 0 aliphatic rings. The lowest BCUT2D eigenvalue weighted by molar-refractivity contribution is 0.0949. The van der Waals surface area contributed by atoms with Gasteiger partial charge in [-0.1, -0.05) is 30.3 Å². The van der Waals surface area contributed by atoms with Crippen molar-refractivity contribution in [2.45, 2.75) is 12.3 Å². The van der Waals surface area contributed by atoms with Crippen molar-refractivity contribution in [1.29, 1.82) is 0 Å². The molecule has 0 bridgehead atoms. The van der Waals surface area contributed by atoms with Crippen molar-refractivity contribution in [3.05, 3.63) is 95.3 Å². The maximum absolute atomic E-state index is 12.5. The van der Waals surface area contributed by atoms with Crippen LogP contribution in [0.3, 0.4) is 0 Å². The molecule has 8 nitrogen and oxygen atoms in total. The maximum atomic E-state index is 12.5. The van der Waals surface area contributed by atoms with E-state index in [1.165, 1.54) is 13.2 Å². The number of hydrogen-bond acceptors (Lipinski definition) is 5. The molecule has 3 rings (SSSR count). The first-order chi connectivity index (χ1) is 14.9. The first-order valence-corrected chi connectivity index (χ1v) is 11.1. The molecular formula is C22H22N4O4S. The number of nitrogens with one attached hydrogen (secondary N) is 3. The molecule has 1 aromatic heterocycles. The number of carbonyl (C=O) groups excluding carboxylic acids is 2. The highest BCUT2D eigenvalue weighted by atomic mass is 32.2. The molecule has 3 aromatic rings. The highest BCUT2D eigenvalue weighted by molar-refractivity contribution is 7.88. The van der Waals surface area contributed by atoms with Crippen LogP contribution in [-0.2, 0) is 22.3 Å². The van der Waals surface area contributed by atoms with E-state index >= 15 is 0 Å². The van der Waals surface area contributed by atoms with Gasteiger partial charge in [0.1, 0.15) is 0 Å². The molecule has 0 atom stereocenters. The number of rotatable bonds is 8. The molecule has 1 heterocycles. The van der Waals surface area contributed by atoms with Gasteiger partial charge in [0.15, 0.2) is 0 Å². The summed E-state index contributed by atoms with van der Waals surface area (Å²) >= 11 is 0. The number of sulfonamides is 1. The minimum absolute atomic E-state index is 0.103. The second-order valence-electron chi connectivity index (χ2n) is 6.74. The van der Waals surface area contributed by atoms with Gasteiger partial charge < -0.3 is 10.6 Å². The molecule has 9 heteroatoms. The fourth-order valence-electron chi connectivity index (χ4n) is 2.77. The number of amides is 2. The van der Waals surface area contributed by atoms with Gasteiger partial charge in [-0.2, -0.15) is 0 Å². The molecule has 2 amide bonds. The molecule has 0 aliphatic heterocycles. The molecular weight excluding hydrogens is 416 g/mol. The standard InChI is InChI=1S/C22H22N4O4S/c1-23-31(29,30)15-17-9-7-16(8-10-17)13-25-21(27)18-4-2-6-20(12-18)26-22(28)19-5-3-11-24-14-19/h2-12,14,23H,13,15H2,1H3,(H,25,27)(H,26,28). The number of hydrogen-bond donors (Lipinski definition) is 3. The zero-order valence-electron chi connectivity index (χ0n) is 16.8. The Labute approximate surface area is 180 Å². The predicted octanol–water partition coefficient (Wildman–Crippen LogP) is 2.31. The van der Waals surface area contributed by atoms with Crippen LogP contribution in [0.5, 0.6) is 0 Å². The van der Waals surface area contributed by atoms with Crippen LogP contribution in [0.2, 0.25) is 0 Å². The normalized spacial score (nSPS) is 11.0. The predicted molar refractivity (Wildman–Crippen MR) is 118 cm³/mol. The average molecular weight is 439 g/mol. The number of benzene rings is 2. The van der Waals surface area contributed by atoms with Gasteiger partial charge in [-0.15, -0.1) is 0 Å². The molecule has 2 aromatic carbocycles. The number of anilines is 1. The third-order valence-corrected chi connectivity index (χ3v) is 5.79. The third-order valence-electron chi connectivity index (χ3n) is 4.45. The molecule has 0 unspecified atom stereocenters. The Morgan fingerprint density at radius 2 is 1.61 bits per heavy atom. The molecule has 0 aliphatic carbocycles. The van der Waals surface area contributed by atoms with Crippen molar-refractivity contribution < 1.29 is 18.0 Å². The minimum Gasteiger partial charge on any atom is -0.348 e. The highest BCUT2D eigenvalue weighted by Gasteiger charge is 2.11. The molecule has 160 valence electrons. The van der Waals surface area contributed by atoms with E-state index < -0.39 is 10.0 Å². The Morgan fingerprint density at radius 3 is 2.29 bits per heavy atom. The Morgan fingerprint density at radius 1 is 0.903 bits per heavy atom. The van der Waals surface area contributed by atoms with Gasteiger partial charge in [-0.05, 0) is 48.5 Å². The van der Waals surface area contributed by atoms with Crippen LogP contribution in [0.15, 0.2) is 73.1 Å². The molecule has 0 fully saturated rings. The molecule has 31 heavy (non-hydrogen) atoms. The van der Waals surface area contributed by atoms with Crippen LogP contribution in [-0.4, -0.2) is 32.3 Å². The number of pyridine rings is 1. The minimum atomic E-state index is -3.33. The summed E-state index contributed by atoms with van der Waals surface area (Å²) in [6, 6.07) is 16.9. The van der Waals surface area contributed by atoms with E-state index in [4.69, 9.17) is 0 Å². The van der Waals surface area contributed by atoms with Crippen LogP contribution >= 0.6 is 0 Å². The van der Waals surface area contributed by atoms with Crippen molar-refractivity contribution >= 4 is 27.5 Å². The van der Waals surface area contributed by atoms with Crippen molar-refractivity contribution in [1.82, 2.24) is 15.0 Å².